The highest BCUT2D eigenvalue weighted by molar-refractivity contribution is 5.78. The van der Waals surface area contributed by atoms with Crippen LogP contribution in [0.5, 0.6) is 0 Å². The van der Waals surface area contributed by atoms with Crippen molar-refractivity contribution >= 4 is 5.78 Å². The summed E-state index contributed by atoms with van der Waals surface area (Å²) in [5.74, 6) is 1.65. The van der Waals surface area contributed by atoms with Crippen LogP contribution < -0.4 is 0 Å². The molecule has 0 spiro atoms. The molecule has 10 heavy (non-hydrogen) atoms. The summed E-state index contributed by atoms with van der Waals surface area (Å²) in [6, 6.07) is 0. The van der Waals surface area contributed by atoms with Crippen molar-refractivity contribution < 1.29 is 4.79 Å². The molecule has 0 heterocycles. The quantitative estimate of drug-likeness (QED) is 0.591. The molecule has 0 N–H and O–H groups in total. The van der Waals surface area contributed by atoms with Gasteiger partial charge in [-0.25, -0.2) is 0 Å². The van der Waals surface area contributed by atoms with Gasteiger partial charge in [0.15, 0.2) is 0 Å². The van der Waals surface area contributed by atoms with Crippen LogP contribution in [0.1, 0.15) is 34.6 Å². The lowest BCUT2D eigenvalue weighted by atomic mass is 9.84. The number of hydrogen-bond donors (Lipinski definition) is 0. The first kappa shape index (κ1) is 9.67. The lowest BCUT2D eigenvalue weighted by Gasteiger charge is -2.20. The zero-order valence-electron chi connectivity index (χ0n) is 7.64. The molecule has 0 bridgehead atoms. The van der Waals surface area contributed by atoms with E-state index < -0.39 is 0 Å². The molecule has 0 saturated carbocycles. The lowest BCUT2D eigenvalue weighted by Crippen LogP contribution is -2.20. The van der Waals surface area contributed by atoms with Gasteiger partial charge < -0.3 is 0 Å². The third-order valence-electron chi connectivity index (χ3n) is 2.48. The van der Waals surface area contributed by atoms with E-state index >= 15 is 0 Å². The average molecular weight is 142 g/mol. The fraction of sp³-hybridized carbons (Fsp3) is 0.889. The summed E-state index contributed by atoms with van der Waals surface area (Å²) in [5.41, 5.74) is 0. The van der Waals surface area contributed by atoms with Crippen molar-refractivity contribution in [3.8, 4) is 0 Å². The molecule has 0 aliphatic rings. The van der Waals surface area contributed by atoms with Crippen LogP contribution in [0, 0.1) is 17.8 Å². The van der Waals surface area contributed by atoms with Gasteiger partial charge in [-0.05, 0) is 18.8 Å². The van der Waals surface area contributed by atoms with Crippen LogP contribution in [0.3, 0.4) is 0 Å². The smallest absolute Gasteiger partial charge is 0.132 e. The molecule has 1 unspecified atom stereocenters. The topological polar surface area (TPSA) is 17.1 Å². The highest BCUT2D eigenvalue weighted by Crippen LogP contribution is 2.20. The molecule has 0 rings (SSSR count). The number of carbonyl (C=O) groups is 1. The highest BCUT2D eigenvalue weighted by Gasteiger charge is 2.18. The summed E-state index contributed by atoms with van der Waals surface area (Å²) < 4.78 is 0. The molecular weight excluding hydrogens is 124 g/mol. The summed E-state index contributed by atoms with van der Waals surface area (Å²) in [6.07, 6.45) is 0. The molecule has 0 aromatic rings. The van der Waals surface area contributed by atoms with Gasteiger partial charge in [0.2, 0.25) is 0 Å². The van der Waals surface area contributed by atoms with Gasteiger partial charge >= 0.3 is 0 Å². The van der Waals surface area contributed by atoms with Gasteiger partial charge in [-0.1, -0.05) is 27.7 Å². The second-order valence-corrected chi connectivity index (χ2v) is 3.50. The van der Waals surface area contributed by atoms with Gasteiger partial charge in [0.25, 0.3) is 0 Å². The van der Waals surface area contributed by atoms with Crippen molar-refractivity contribution in [2.75, 3.05) is 0 Å². The molecule has 2 atom stereocenters. The fourth-order valence-electron chi connectivity index (χ4n) is 0.948. The number of carbonyl (C=O) groups excluding carboxylic acids is 1. The van der Waals surface area contributed by atoms with Crippen LogP contribution in [0.15, 0.2) is 0 Å². The van der Waals surface area contributed by atoms with Crippen LogP contribution in [0.4, 0.5) is 0 Å². The average Bonchev–Trinajstić information content (AvgIpc) is 1.84. The van der Waals surface area contributed by atoms with Crippen molar-refractivity contribution in [1.29, 1.82) is 0 Å². The molecule has 0 fully saturated rings. The van der Waals surface area contributed by atoms with Gasteiger partial charge in [-0.2, -0.15) is 0 Å². The van der Waals surface area contributed by atoms with E-state index in [0.717, 1.165) is 0 Å². The molecule has 1 nitrogen and oxygen atoms in total. The summed E-state index contributed by atoms with van der Waals surface area (Å²) in [7, 11) is 0. The van der Waals surface area contributed by atoms with Gasteiger partial charge in [0, 0.05) is 5.92 Å². The predicted octanol–water partition coefficient (Wildman–Crippen LogP) is 2.50. The molecule has 0 radical (unpaired) electrons. The molecule has 0 aliphatic heterocycles. The second-order valence-electron chi connectivity index (χ2n) is 3.50. The molecule has 0 aliphatic carbocycles. The monoisotopic (exact) mass is 142 g/mol. The van der Waals surface area contributed by atoms with Crippen molar-refractivity contribution in [1.82, 2.24) is 0 Å². The van der Waals surface area contributed by atoms with Gasteiger partial charge in [-0.15, -0.1) is 0 Å². The van der Waals surface area contributed by atoms with Crippen molar-refractivity contribution in [3.63, 3.8) is 0 Å². The van der Waals surface area contributed by atoms with Gasteiger partial charge in [-0.3, -0.25) is 4.79 Å². The largest absolute Gasteiger partial charge is 0.300 e. The van der Waals surface area contributed by atoms with E-state index in [9.17, 15) is 4.79 Å². The van der Waals surface area contributed by atoms with E-state index in [4.69, 9.17) is 0 Å². The highest BCUT2D eigenvalue weighted by atomic mass is 16.1. The van der Waals surface area contributed by atoms with E-state index in [0.29, 0.717) is 17.6 Å². The minimum Gasteiger partial charge on any atom is -0.300 e. The Bertz CT molecular complexity index is 116. The maximum atomic E-state index is 10.9. The first-order valence-corrected chi connectivity index (χ1v) is 3.97. The minimum atomic E-state index is 0.222. The Hall–Kier alpha value is -0.330. The SMILES string of the molecule is CC(=O)C(C)[C@H](C)C(C)C. The van der Waals surface area contributed by atoms with Crippen LogP contribution in [-0.2, 0) is 4.79 Å². The van der Waals surface area contributed by atoms with E-state index in [-0.39, 0.29) is 5.92 Å². The third kappa shape index (κ3) is 2.51. The number of rotatable bonds is 3. The third-order valence-corrected chi connectivity index (χ3v) is 2.48. The maximum Gasteiger partial charge on any atom is 0.132 e. The van der Waals surface area contributed by atoms with Crippen LogP contribution in [0.25, 0.3) is 0 Å². The van der Waals surface area contributed by atoms with Gasteiger partial charge in [0.05, 0.1) is 0 Å². The number of hydrogen-bond acceptors (Lipinski definition) is 1. The first-order valence-electron chi connectivity index (χ1n) is 3.97. The molecule has 0 aromatic carbocycles. The molecular formula is C9H18O. The van der Waals surface area contributed by atoms with E-state index in [1.165, 1.54) is 0 Å². The first-order chi connectivity index (χ1) is 4.46. The van der Waals surface area contributed by atoms with E-state index in [2.05, 4.69) is 20.8 Å². The number of ketones is 1. The van der Waals surface area contributed by atoms with Crippen molar-refractivity contribution in [2.24, 2.45) is 17.8 Å². The predicted molar refractivity (Wildman–Crippen MR) is 43.8 cm³/mol. The van der Waals surface area contributed by atoms with E-state index in [1.54, 1.807) is 6.92 Å². The Morgan fingerprint density at radius 2 is 1.50 bits per heavy atom. The van der Waals surface area contributed by atoms with Crippen molar-refractivity contribution in [3.05, 3.63) is 0 Å². The summed E-state index contributed by atoms with van der Waals surface area (Å²) in [5, 5.41) is 0. The van der Waals surface area contributed by atoms with Crippen LogP contribution in [0.2, 0.25) is 0 Å². The Labute approximate surface area is 63.8 Å². The standard InChI is InChI=1S/C9H18O/c1-6(2)7(3)8(4)9(5)10/h6-8H,1-5H3/t7-,8?/m1/s1. The normalized spacial score (nSPS) is 17.0. The summed E-state index contributed by atoms with van der Waals surface area (Å²) >= 11 is 0. The zero-order valence-corrected chi connectivity index (χ0v) is 7.64. The Kier molecular flexibility index (Phi) is 3.62. The lowest BCUT2D eigenvalue weighted by molar-refractivity contribution is -0.122. The van der Waals surface area contributed by atoms with Gasteiger partial charge in [0.1, 0.15) is 5.78 Å². The Morgan fingerprint density at radius 3 is 1.60 bits per heavy atom. The maximum absolute atomic E-state index is 10.9. The van der Waals surface area contributed by atoms with Crippen LogP contribution >= 0.6 is 0 Å². The Balaban J connectivity index is 3.94. The minimum absolute atomic E-state index is 0.222. The number of Topliss-reactive ketones (excluding diaryl/α,β-unsaturated/α-hetero) is 1. The fourth-order valence-corrected chi connectivity index (χ4v) is 0.948. The van der Waals surface area contributed by atoms with Crippen LogP contribution in [-0.4, -0.2) is 5.78 Å². The van der Waals surface area contributed by atoms with E-state index in [1.807, 2.05) is 6.92 Å². The zero-order chi connectivity index (χ0) is 8.31. The summed E-state index contributed by atoms with van der Waals surface area (Å²) in [6.45, 7) is 10.1. The molecule has 60 valence electrons. The molecule has 1 heteroatoms. The second kappa shape index (κ2) is 3.75. The molecule has 0 aromatic heterocycles. The van der Waals surface area contributed by atoms with Crippen molar-refractivity contribution in [2.45, 2.75) is 34.6 Å². The Morgan fingerprint density at radius 1 is 1.10 bits per heavy atom. The molecule has 0 amide bonds. The molecule has 0 saturated heterocycles. The summed E-state index contributed by atoms with van der Waals surface area (Å²) in [4.78, 5) is 10.9.